The summed E-state index contributed by atoms with van der Waals surface area (Å²) in [6, 6.07) is 13.5. The standard InChI is InChI=1S/C21H16N2O3S/c1-12-14(10-13-6-5-9-17(25-2)19(13)26-12)11-18-20(24)23-16-8-4-3-7-15(16)22-21(23)27-18/h3-12H,1-2H3. The van der Waals surface area contributed by atoms with Crippen LogP contribution in [0.4, 0.5) is 0 Å². The Kier molecular flexibility index (Phi) is 3.55. The lowest BCUT2D eigenvalue weighted by molar-refractivity contribution is 0.245. The van der Waals surface area contributed by atoms with Crippen molar-refractivity contribution in [1.82, 2.24) is 9.38 Å². The number of rotatable bonds is 2. The van der Waals surface area contributed by atoms with E-state index in [-0.39, 0.29) is 11.7 Å². The Morgan fingerprint density at radius 3 is 2.93 bits per heavy atom. The molecule has 1 unspecified atom stereocenters. The molecule has 5 nitrogen and oxygen atoms in total. The molecule has 2 aromatic heterocycles. The smallest absolute Gasteiger partial charge is 0.274 e. The first kappa shape index (κ1) is 16.1. The number of thiazole rings is 1. The first-order valence-electron chi connectivity index (χ1n) is 8.62. The molecule has 5 rings (SSSR count). The van der Waals surface area contributed by atoms with Crippen molar-refractivity contribution in [2.75, 3.05) is 7.11 Å². The Morgan fingerprint density at radius 1 is 1.22 bits per heavy atom. The Hall–Kier alpha value is -3.12. The van der Waals surface area contributed by atoms with Crippen LogP contribution in [-0.2, 0) is 0 Å². The number of imidazole rings is 1. The van der Waals surface area contributed by atoms with Gasteiger partial charge in [0.05, 0.1) is 22.7 Å². The van der Waals surface area contributed by atoms with Crippen molar-refractivity contribution in [2.45, 2.75) is 13.0 Å². The maximum atomic E-state index is 12.9. The zero-order chi connectivity index (χ0) is 18.5. The predicted molar refractivity (Wildman–Crippen MR) is 108 cm³/mol. The van der Waals surface area contributed by atoms with E-state index in [1.54, 1.807) is 11.5 Å². The average molecular weight is 376 g/mol. The minimum atomic E-state index is -0.181. The SMILES string of the molecule is COc1cccc2c1OC(C)C(C=c1sc3nc4ccccc4n3c1=O)=C2. The van der Waals surface area contributed by atoms with Crippen molar-refractivity contribution >= 4 is 39.5 Å². The molecule has 6 heteroatoms. The van der Waals surface area contributed by atoms with Gasteiger partial charge in [-0.05, 0) is 42.8 Å². The Labute approximate surface area is 158 Å². The molecule has 1 atom stereocenters. The van der Waals surface area contributed by atoms with Gasteiger partial charge < -0.3 is 9.47 Å². The number of ether oxygens (including phenoxy) is 2. The highest BCUT2D eigenvalue weighted by atomic mass is 32.1. The lowest BCUT2D eigenvalue weighted by Crippen LogP contribution is -2.25. The largest absolute Gasteiger partial charge is 0.493 e. The molecule has 0 amide bonds. The Balaban J connectivity index is 1.69. The van der Waals surface area contributed by atoms with Crippen LogP contribution in [0.2, 0.25) is 0 Å². The molecule has 2 aromatic carbocycles. The van der Waals surface area contributed by atoms with E-state index >= 15 is 0 Å². The number of methoxy groups -OCH3 is 1. The Bertz CT molecular complexity index is 1330. The summed E-state index contributed by atoms with van der Waals surface area (Å²) in [7, 11) is 1.63. The fraction of sp³-hybridized carbons (Fsp3) is 0.143. The lowest BCUT2D eigenvalue weighted by Gasteiger charge is -2.24. The zero-order valence-electron chi connectivity index (χ0n) is 14.8. The summed E-state index contributed by atoms with van der Waals surface area (Å²) in [5.74, 6) is 1.44. The van der Waals surface area contributed by atoms with Crippen LogP contribution in [0.5, 0.6) is 11.5 Å². The van der Waals surface area contributed by atoms with Crippen molar-refractivity contribution in [1.29, 1.82) is 0 Å². The highest BCUT2D eigenvalue weighted by molar-refractivity contribution is 7.15. The molecule has 4 aromatic rings. The molecule has 0 N–H and O–H groups in total. The number of aromatic nitrogens is 2. The molecule has 0 spiro atoms. The minimum Gasteiger partial charge on any atom is -0.493 e. The maximum Gasteiger partial charge on any atom is 0.274 e. The summed E-state index contributed by atoms with van der Waals surface area (Å²) in [5.41, 5.74) is 3.51. The van der Waals surface area contributed by atoms with Crippen molar-refractivity contribution in [2.24, 2.45) is 0 Å². The summed E-state index contributed by atoms with van der Waals surface area (Å²) in [6.07, 6.45) is 3.77. The molecule has 0 bridgehead atoms. The predicted octanol–water partition coefficient (Wildman–Crippen LogP) is 3.28. The van der Waals surface area contributed by atoms with E-state index in [0.717, 1.165) is 27.9 Å². The summed E-state index contributed by atoms with van der Waals surface area (Å²) in [6.45, 7) is 1.97. The van der Waals surface area contributed by atoms with Crippen molar-refractivity contribution in [3.63, 3.8) is 0 Å². The van der Waals surface area contributed by atoms with Gasteiger partial charge >= 0.3 is 0 Å². The number of fused-ring (bicyclic) bond motifs is 4. The summed E-state index contributed by atoms with van der Waals surface area (Å²) < 4.78 is 13.8. The second kappa shape index (κ2) is 5.96. The van der Waals surface area contributed by atoms with Gasteiger partial charge in [0, 0.05) is 5.56 Å². The van der Waals surface area contributed by atoms with Gasteiger partial charge in [-0.2, -0.15) is 0 Å². The van der Waals surface area contributed by atoms with Gasteiger partial charge in [0.2, 0.25) is 0 Å². The second-order valence-corrected chi connectivity index (χ2v) is 7.43. The zero-order valence-corrected chi connectivity index (χ0v) is 15.6. The first-order valence-corrected chi connectivity index (χ1v) is 9.44. The Morgan fingerprint density at radius 2 is 2.07 bits per heavy atom. The number of hydrogen-bond acceptors (Lipinski definition) is 5. The van der Waals surface area contributed by atoms with Gasteiger partial charge in [0.15, 0.2) is 16.5 Å². The molecule has 0 fully saturated rings. The van der Waals surface area contributed by atoms with Crippen molar-refractivity contribution in [3.05, 3.63) is 68.5 Å². The van der Waals surface area contributed by atoms with Gasteiger partial charge in [0.1, 0.15) is 6.10 Å². The van der Waals surface area contributed by atoms with Crippen LogP contribution < -0.4 is 19.6 Å². The quantitative estimate of drug-likeness (QED) is 0.539. The van der Waals surface area contributed by atoms with Crippen LogP contribution in [0, 0.1) is 0 Å². The molecular formula is C21H16N2O3S. The highest BCUT2D eigenvalue weighted by Crippen LogP contribution is 2.37. The molecule has 3 heterocycles. The van der Waals surface area contributed by atoms with E-state index in [9.17, 15) is 4.79 Å². The van der Waals surface area contributed by atoms with E-state index in [4.69, 9.17) is 9.47 Å². The summed E-state index contributed by atoms with van der Waals surface area (Å²) in [4.78, 5) is 18.2. The molecular weight excluding hydrogens is 360 g/mol. The summed E-state index contributed by atoms with van der Waals surface area (Å²) >= 11 is 1.40. The van der Waals surface area contributed by atoms with Crippen LogP contribution in [0.1, 0.15) is 12.5 Å². The maximum absolute atomic E-state index is 12.9. The monoisotopic (exact) mass is 376 g/mol. The van der Waals surface area contributed by atoms with Gasteiger partial charge in [-0.25, -0.2) is 9.38 Å². The van der Waals surface area contributed by atoms with Crippen LogP contribution in [0.15, 0.2) is 52.8 Å². The highest BCUT2D eigenvalue weighted by Gasteiger charge is 2.21. The van der Waals surface area contributed by atoms with Gasteiger partial charge in [-0.3, -0.25) is 4.79 Å². The van der Waals surface area contributed by atoms with Gasteiger partial charge in [-0.15, -0.1) is 0 Å². The molecule has 0 saturated carbocycles. The number of hydrogen-bond donors (Lipinski definition) is 0. The third kappa shape index (κ3) is 2.44. The lowest BCUT2D eigenvalue weighted by atomic mass is 10.0. The first-order chi connectivity index (χ1) is 13.2. The molecule has 0 aliphatic carbocycles. The van der Waals surface area contributed by atoms with Crippen molar-refractivity contribution < 1.29 is 9.47 Å². The molecule has 0 saturated heterocycles. The van der Waals surface area contributed by atoms with E-state index in [1.165, 1.54) is 11.3 Å². The molecule has 1 aliphatic heterocycles. The van der Waals surface area contributed by atoms with Crippen LogP contribution >= 0.6 is 11.3 Å². The van der Waals surface area contributed by atoms with E-state index < -0.39 is 0 Å². The second-order valence-electron chi connectivity index (χ2n) is 6.42. The topological polar surface area (TPSA) is 52.8 Å². The normalized spacial score (nSPS) is 17.0. The average Bonchev–Trinajstić information content (AvgIpc) is 3.18. The molecule has 134 valence electrons. The van der Waals surface area contributed by atoms with E-state index in [2.05, 4.69) is 4.98 Å². The van der Waals surface area contributed by atoms with E-state index in [1.807, 2.05) is 61.5 Å². The molecule has 27 heavy (non-hydrogen) atoms. The molecule has 1 aliphatic rings. The van der Waals surface area contributed by atoms with Crippen LogP contribution in [-0.4, -0.2) is 22.6 Å². The third-order valence-electron chi connectivity index (χ3n) is 4.76. The third-order valence-corrected chi connectivity index (χ3v) is 5.73. The number of nitrogens with zero attached hydrogens (tertiary/aromatic N) is 2. The van der Waals surface area contributed by atoms with Crippen molar-refractivity contribution in [3.8, 4) is 11.5 Å². The number of benzene rings is 2. The minimum absolute atomic E-state index is 0.0479. The van der Waals surface area contributed by atoms with Crippen LogP contribution in [0.25, 0.3) is 28.1 Å². The van der Waals surface area contributed by atoms with Gasteiger partial charge in [-0.1, -0.05) is 35.6 Å². The fourth-order valence-corrected chi connectivity index (χ4v) is 4.38. The fourth-order valence-electron chi connectivity index (χ4n) is 3.40. The number of para-hydroxylation sites is 3. The van der Waals surface area contributed by atoms with Crippen LogP contribution in [0.3, 0.4) is 0 Å². The van der Waals surface area contributed by atoms with Gasteiger partial charge in [0.25, 0.3) is 5.56 Å². The molecule has 0 radical (unpaired) electrons. The van der Waals surface area contributed by atoms with E-state index in [0.29, 0.717) is 15.2 Å². The summed E-state index contributed by atoms with van der Waals surface area (Å²) in [5, 5.41) is 0.